The summed E-state index contributed by atoms with van der Waals surface area (Å²) >= 11 is 3.58. The molecule has 10 heavy (non-hydrogen) atoms. The molecule has 0 aliphatic rings. The highest BCUT2D eigenvalue weighted by atomic mass is 79.9. The summed E-state index contributed by atoms with van der Waals surface area (Å²) in [4.78, 5) is 0.522. The topological polar surface area (TPSA) is 0 Å². The second-order valence-corrected chi connectivity index (χ2v) is 3.39. The molecule has 0 saturated carbocycles. The first-order valence-corrected chi connectivity index (χ1v) is 4.45. The van der Waals surface area contributed by atoms with E-state index in [1.54, 1.807) is 0 Å². The zero-order valence-electron chi connectivity index (χ0n) is 6.05. The van der Waals surface area contributed by atoms with Crippen LogP contribution in [-0.4, -0.2) is 0 Å². The predicted octanol–water partition coefficient (Wildman–Crippen LogP) is 3.53. The van der Waals surface area contributed by atoms with Crippen molar-refractivity contribution in [3.63, 3.8) is 0 Å². The number of hydrogen-bond acceptors (Lipinski definition) is 0. The zero-order valence-corrected chi connectivity index (χ0v) is 7.64. The van der Waals surface area contributed by atoms with Crippen molar-refractivity contribution in [3.05, 3.63) is 35.9 Å². The van der Waals surface area contributed by atoms with E-state index in [1.807, 2.05) is 6.07 Å². The number of alkyl halides is 1. The fourth-order valence-corrected chi connectivity index (χ4v) is 1.20. The molecular weight excluding hydrogens is 188 g/mol. The van der Waals surface area contributed by atoms with Crippen molar-refractivity contribution in [3.8, 4) is 0 Å². The van der Waals surface area contributed by atoms with Crippen LogP contribution in [0.15, 0.2) is 30.3 Å². The van der Waals surface area contributed by atoms with E-state index >= 15 is 0 Å². The number of halogens is 1. The van der Waals surface area contributed by atoms with Gasteiger partial charge in [-0.25, -0.2) is 0 Å². The van der Waals surface area contributed by atoms with Crippen molar-refractivity contribution >= 4 is 15.9 Å². The normalized spacial score (nSPS) is 13.0. The van der Waals surface area contributed by atoms with Gasteiger partial charge < -0.3 is 0 Å². The van der Waals surface area contributed by atoms with E-state index in [9.17, 15) is 0 Å². The Bertz CT molecular complexity index is 181. The van der Waals surface area contributed by atoms with Gasteiger partial charge in [-0.05, 0) is 12.0 Å². The number of rotatable bonds is 2. The monoisotopic (exact) mass is 198 g/mol. The fourth-order valence-electron chi connectivity index (χ4n) is 0.898. The van der Waals surface area contributed by atoms with Crippen LogP contribution in [0.1, 0.15) is 23.7 Å². The Morgan fingerprint density at radius 1 is 1.30 bits per heavy atom. The Hall–Kier alpha value is -0.300. The van der Waals surface area contributed by atoms with Gasteiger partial charge in [0.2, 0.25) is 0 Å². The molecule has 0 aromatic heterocycles. The summed E-state index contributed by atoms with van der Waals surface area (Å²) in [6, 6.07) is 10.5. The van der Waals surface area contributed by atoms with Gasteiger partial charge in [0.25, 0.3) is 0 Å². The molecule has 0 radical (unpaired) electrons. The van der Waals surface area contributed by atoms with Crippen LogP contribution < -0.4 is 0 Å². The Kier molecular flexibility index (Phi) is 2.94. The van der Waals surface area contributed by atoms with Crippen molar-refractivity contribution in [2.24, 2.45) is 0 Å². The van der Waals surface area contributed by atoms with Gasteiger partial charge in [0.1, 0.15) is 0 Å². The minimum atomic E-state index is 0.522. The van der Waals surface area contributed by atoms with Crippen LogP contribution in [0.25, 0.3) is 0 Å². The molecule has 0 nitrogen and oxygen atoms in total. The maximum absolute atomic E-state index is 3.58. The Labute approximate surface area is 70.4 Å². The fraction of sp³-hybridized carbons (Fsp3) is 0.333. The third-order valence-corrected chi connectivity index (χ3v) is 2.70. The molecule has 54 valence electrons. The highest BCUT2D eigenvalue weighted by Gasteiger charge is 2.00. The predicted molar refractivity (Wildman–Crippen MR) is 48.4 cm³/mol. The SMILES string of the molecule is CC[C@H](Br)c1ccccc1. The van der Waals surface area contributed by atoms with Crippen molar-refractivity contribution in [2.75, 3.05) is 0 Å². The van der Waals surface area contributed by atoms with Gasteiger partial charge in [0.15, 0.2) is 0 Å². The molecule has 0 bridgehead atoms. The molecule has 0 fully saturated rings. The molecule has 1 rings (SSSR count). The van der Waals surface area contributed by atoms with Crippen LogP contribution in [0.2, 0.25) is 0 Å². The molecule has 0 amide bonds. The van der Waals surface area contributed by atoms with Crippen LogP contribution in [0.3, 0.4) is 0 Å². The van der Waals surface area contributed by atoms with Gasteiger partial charge >= 0.3 is 0 Å². The van der Waals surface area contributed by atoms with E-state index < -0.39 is 0 Å². The molecule has 0 unspecified atom stereocenters. The Morgan fingerprint density at radius 2 is 1.90 bits per heavy atom. The summed E-state index contributed by atoms with van der Waals surface area (Å²) in [6.07, 6.45) is 1.14. The van der Waals surface area contributed by atoms with Crippen LogP contribution in [0.5, 0.6) is 0 Å². The van der Waals surface area contributed by atoms with E-state index in [-0.39, 0.29) is 0 Å². The molecule has 1 aromatic rings. The smallest absolute Gasteiger partial charge is 0.0392 e. The van der Waals surface area contributed by atoms with E-state index in [4.69, 9.17) is 0 Å². The zero-order chi connectivity index (χ0) is 7.40. The molecule has 0 saturated heterocycles. The van der Waals surface area contributed by atoms with Gasteiger partial charge in [-0.3, -0.25) is 0 Å². The quantitative estimate of drug-likeness (QED) is 0.639. The minimum absolute atomic E-state index is 0.522. The minimum Gasteiger partial charge on any atom is -0.0839 e. The largest absolute Gasteiger partial charge is 0.0839 e. The molecule has 1 heteroatoms. The first kappa shape index (κ1) is 7.80. The maximum atomic E-state index is 3.58. The van der Waals surface area contributed by atoms with E-state index in [0.29, 0.717) is 4.83 Å². The van der Waals surface area contributed by atoms with E-state index in [2.05, 4.69) is 47.1 Å². The summed E-state index contributed by atoms with van der Waals surface area (Å²) in [5.41, 5.74) is 1.37. The van der Waals surface area contributed by atoms with Crippen molar-refractivity contribution < 1.29 is 0 Å². The van der Waals surface area contributed by atoms with Gasteiger partial charge in [0.05, 0.1) is 0 Å². The highest BCUT2D eigenvalue weighted by molar-refractivity contribution is 9.09. The van der Waals surface area contributed by atoms with Crippen molar-refractivity contribution in [1.82, 2.24) is 0 Å². The molecule has 0 N–H and O–H groups in total. The molecular formula is C9H11Br. The van der Waals surface area contributed by atoms with E-state index in [1.165, 1.54) is 5.56 Å². The first-order valence-electron chi connectivity index (χ1n) is 3.53. The van der Waals surface area contributed by atoms with Crippen LogP contribution in [0.4, 0.5) is 0 Å². The lowest BCUT2D eigenvalue weighted by Crippen LogP contribution is -1.84. The Balaban J connectivity index is 2.75. The third-order valence-electron chi connectivity index (χ3n) is 1.52. The van der Waals surface area contributed by atoms with Gasteiger partial charge in [0, 0.05) is 4.83 Å². The molecule has 1 aromatic carbocycles. The van der Waals surface area contributed by atoms with Crippen molar-refractivity contribution in [1.29, 1.82) is 0 Å². The van der Waals surface area contributed by atoms with Crippen LogP contribution >= 0.6 is 15.9 Å². The summed E-state index contributed by atoms with van der Waals surface area (Å²) in [5.74, 6) is 0. The molecule has 1 atom stereocenters. The van der Waals surface area contributed by atoms with Gasteiger partial charge in [-0.2, -0.15) is 0 Å². The van der Waals surface area contributed by atoms with E-state index in [0.717, 1.165) is 6.42 Å². The molecule has 0 aliphatic heterocycles. The second kappa shape index (κ2) is 3.77. The van der Waals surface area contributed by atoms with Gasteiger partial charge in [-0.1, -0.05) is 53.2 Å². The van der Waals surface area contributed by atoms with Crippen LogP contribution in [0, 0.1) is 0 Å². The van der Waals surface area contributed by atoms with Gasteiger partial charge in [-0.15, -0.1) is 0 Å². The highest BCUT2D eigenvalue weighted by Crippen LogP contribution is 2.24. The molecule has 0 aliphatic carbocycles. The van der Waals surface area contributed by atoms with Crippen LogP contribution in [-0.2, 0) is 0 Å². The summed E-state index contributed by atoms with van der Waals surface area (Å²) in [6.45, 7) is 2.17. The number of hydrogen-bond donors (Lipinski definition) is 0. The standard InChI is InChI=1S/C9H11Br/c1-2-9(10)8-6-4-3-5-7-8/h3-7,9H,2H2,1H3/t9-/m0/s1. The third kappa shape index (κ3) is 1.84. The summed E-state index contributed by atoms with van der Waals surface area (Å²) in [7, 11) is 0. The molecule has 0 spiro atoms. The Morgan fingerprint density at radius 3 is 2.40 bits per heavy atom. The van der Waals surface area contributed by atoms with Crippen molar-refractivity contribution in [2.45, 2.75) is 18.2 Å². The first-order chi connectivity index (χ1) is 4.84. The number of benzene rings is 1. The lowest BCUT2D eigenvalue weighted by Gasteiger charge is -2.04. The lowest BCUT2D eigenvalue weighted by atomic mass is 10.1. The summed E-state index contributed by atoms with van der Waals surface area (Å²) < 4.78 is 0. The molecule has 0 heterocycles. The second-order valence-electron chi connectivity index (χ2n) is 2.29. The average molecular weight is 199 g/mol. The lowest BCUT2D eigenvalue weighted by molar-refractivity contribution is 0.911. The summed E-state index contributed by atoms with van der Waals surface area (Å²) in [5, 5.41) is 0. The maximum Gasteiger partial charge on any atom is 0.0392 e. The average Bonchev–Trinajstić information content (AvgIpc) is 2.05.